The topological polar surface area (TPSA) is 231 Å². The maximum atomic E-state index is 14.1. The number of rotatable bonds is 5. The molecule has 2 saturated heterocycles. The van der Waals surface area contributed by atoms with Crippen LogP contribution in [-0.4, -0.2) is 107 Å². The van der Waals surface area contributed by atoms with Gasteiger partial charge in [0, 0.05) is 36.5 Å². The van der Waals surface area contributed by atoms with Crippen molar-refractivity contribution in [2.75, 3.05) is 26.2 Å². The first kappa shape index (κ1) is 37.3. The molecule has 5 rings (SSSR count). The first-order valence-electron chi connectivity index (χ1n) is 17.2. The third-order valence-corrected chi connectivity index (χ3v) is 9.13. The normalized spacial score (nSPS) is 23.1. The number of hydrogen-bond acceptors (Lipinski definition) is 8. The van der Waals surface area contributed by atoms with Crippen molar-refractivity contribution >= 4 is 52.3 Å². The molecule has 2 aromatic carbocycles. The molecule has 16 heteroatoms. The van der Waals surface area contributed by atoms with Gasteiger partial charge in [-0.3, -0.25) is 33.6 Å². The van der Waals surface area contributed by atoms with E-state index in [1.165, 1.54) is 17.0 Å². The third kappa shape index (κ3) is 9.44. The Morgan fingerprint density at radius 1 is 0.731 bits per heavy atom. The molecule has 8 N–H and O–H groups in total. The zero-order valence-electron chi connectivity index (χ0n) is 29.0. The molecule has 3 aromatic rings. The van der Waals surface area contributed by atoms with Crippen molar-refractivity contribution in [3.05, 3.63) is 65.9 Å². The van der Waals surface area contributed by atoms with Crippen LogP contribution >= 0.6 is 0 Å². The van der Waals surface area contributed by atoms with Gasteiger partial charge in [-0.2, -0.15) is 0 Å². The van der Waals surface area contributed by atoms with E-state index in [0.29, 0.717) is 18.4 Å². The molecule has 2 fully saturated rings. The number of phenols is 1. The number of nitrogens with one attached hydrogen (secondary N) is 7. The van der Waals surface area contributed by atoms with Crippen molar-refractivity contribution in [3.63, 3.8) is 0 Å². The molecule has 0 saturated carbocycles. The Hall–Kier alpha value is -5.93. The lowest BCUT2D eigenvalue weighted by Crippen LogP contribution is -2.56. The van der Waals surface area contributed by atoms with Gasteiger partial charge in [-0.15, -0.1) is 0 Å². The smallest absolute Gasteiger partial charge is 0.246 e. The van der Waals surface area contributed by atoms with Crippen LogP contribution in [0.4, 0.5) is 0 Å². The van der Waals surface area contributed by atoms with Gasteiger partial charge in [0.05, 0.1) is 19.6 Å². The number of carbonyl (C=O) groups excluding carboxylic acids is 7. The SMILES string of the molecule is CC(C)C1NC(=O)CNC(=O)C2CCCN2C(=O)C(Cc2c[nH]c3ccccc23)NC(=O)CNC(=O)C(Cc2ccc(O)cc2)NC(=O)CNC1=O. The first-order chi connectivity index (χ1) is 24.9. The molecule has 3 heterocycles. The number of aromatic amines is 1. The van der Waals surface area contributed by atoms with E-state index in [2.05, 4.69) is 36.9 Å². The van der Waals surface area contributed by atoms with Gasteiger partial charge >= 0.3 is 0 Å². The van der Waals surface area contributed by atoms with Crippen molar-refractivity contribution in [1.82, 2.24) is 41.8 Å². The molecule has 2 aliphatic heterocycles. The highest BCUT2D eigenvalue weighted by molar-refractivity contribution is 5.97. The largest absolute Gasteiger partial charge is 0.508 e. The Morgan fingerprint density at radius 3 is 2.04 bits per heavy atom. The van der Waals surface area contributed by atoms with Crippen molar-refractivity contribution in [3.8, 4) is 5.75 Å². The van der Waals surface area contributed by atoms with Crippen LogP contribution in [-0.2, 0) is 46.4 Å². The van der Waals surface area contributed by atoms with Gasteiger partial charge in [0.2, 0.25) is 41.4 Å². The zero-order valence-corrected chi connectivity index (χ0v) is 29.0. The molecule has 2 aliphatic rings. The molecule has 52 heavy (non-hydrogen) atoms. The molecular formula is C36H44N8O8. The Kier molecular flexibility index (Phi) is 12.1. The average Bonchev–Trinajstić information content (AvgIpc) is 3.78. The maximum absolute atomic E-state index is 14.1. The molecule has 0 bridgehead atoms. The molecule has 0 spiro atoms. The summed E-state index contributed by atoms with van der Waals surface area (Å²) in [5.41, 5.74) is 2.18. The second-order valence-corrected chi connectivity index (χ2v) is 13.3. The Morgan fingerprint density at radius 2 is 1.35 bits per heavy atom. The molecule has 276 valence electrons. The van der Waals surface area contributed by atoms with Crippen LogP contribution in [0.2, 0.25) is 0 Å². The molecular weight excluding hydrogens is 672 g/mol. The minimum Gasteiger partial charge on any atom is -0.508 e. The Bertz CT molecular complexity index is 1820. The number of hydrogen-bond donors (Lipinski definition) is 8. The molecule has 1 aromatic heterocycles. The highest BCUT2D eigenvalue weighted by Crippen LogP contribution is 2.23. The summed E-state index contributed by atoms with van der Waals surface area (Å²) in [4.78, 5) is 97.8. The Balaban J connectivity index is 1.42. The van der Waals surface area contributed by atoms with Crippen LogP contribution in [0.1, 0.15) is 37.8 Å². The highest BCUT2D eigenvalue weighted by atomic mass is 16.3. The van der Waals surface area contributed by atoms with Gasteiger partial charge in [-0.1, -0.05) is 44.2 Å². The van der Waals surface area contributed by atoms with Gasteiger partial charge in [0.15, 0.2) is 0 Å². The van der Waals surface area contributed by atoms with Gasteiger partial charge in [-0.05, 0) is 48.1 Å². The molecule has 4 unspecified atom stereocenters. The highest BCUT2D eigenvalue weighted by Gasteiger charge is 2.38. The van der Waals surface area contributed by atoms with E-state index in [1.807, 2.05) is 24.3 Å². The number of para-hydroxylation sites is 1. The number of carbonyl (C=O) groups is 7. The minimum atomic E-state index is -1.19. The van der Waals surface area contributed by atoms with Gasteiger partial charge in [0.1, 0.15) is 29.9 Å². The van der Waals surface area contributed by atoms with Crippen LogP contribution in [0.5, 0.6) is 5.75 Å². The van der Waals surface area contributed by atoms with Crippen molar-refractivity contribution in [2.45, 2.75) is 63.7 Å². The molecule has 0 radical (unpaired) electrons. The zero-order chi connectivity index (χ0) is 37.4. The van der Waals surface area contributed by atoms with E-state index in [-0.39, 0.29) is 31.1 Å². The third-order valence-electron chi connectivity index (χ3n) is 9.13. The summed E-state index contributed by atoms with van der Waals surface area (Å²) in [6, 6.07) is 9.22. The first-order valence-corrected chi connectivity index (χ1v) is 17.2. The van der Waals surface area contributed by atoms with E-state index in [1.54, 1.807) is 32.2 Å². The van der Waals surface area contributed by atoms with E-state index < -0.39 is 85.2 Å². The second kappa shape index (κ2) is 16.9. The number of aromatic nitrogens is 1. The lowest BCUT2D eigenvalue weighted by atomic mass is 10.0. The van der Waals surface area contributed by atoms with Crippen molar-refractivity contribution < 1.29 is 38.7 Å². The summed E-state index contributed by atoms with van der Waals surface area (Å²) in [5.74, 6) is -4.86. The molecule has 0 aliphatic carbocycles. The van der Waals surface area contributed by atoms with Crippen molar-refractivity contribution in [2.24, 2.45) is 5.92 Å². The number of H-pyrrole nitrogens is 1. The van der Waals surface area contributed by atoms with Crippen LogP contribution in [0.15, 0.2) is 54.7 Å². The quantitative estimate of drug-likeness (QED) is 0.165. The molecule has 4 atom stereocenters. The lowest BCUT2D eigenvalue weighted by molar-refractivity contribution is -0.141. The van der Waals surface area contributed by atoms with E-state index >= 15 is 0 Å². The van der Waals surface area contributed by atoms with Gasteiger partial charge in [0.25, 0.3) is 0 Å². The number of aromatic hydroxyl groups is 1. The number of benzene rings is 2. The minimum absolute atomic E-state index is 0.00692. The fraction of sp³-hybridized carbons (Fsp3) is 0.417. The summed E-state index contributed by atoms with van der Waals surface area (Å²) in [7, 11) is 0. The number of amides is 7. The van der Waals surface area contributed by atoms with E-state index in [0.717, 1.165) is 16.5 Å². The Labute approximate surface area is 299 Å². The number of phenolic OH excluding ortho intramolecular Hbond substituents is 1. The van der Waals surface area contributed by atoms with Crippen LogP contribution in [0, 0.1) is 5.92 Å². The second-order valence-electron chi connectivity index (χ2n) is 13.3. The summed E-state index contributed by atoms with van der Waals surface area (Å²) < 4.78 is 0. The summed E-state index contributed by atoms with van der Waals surface area (Å²) in [6.07, 6.45) is 2.66. The fourth-order valence-electron chi connectivity index (χ4n) is 6.40. The van der Waals surface area contributed by atoms with Crippen LogP contribution in [0.3, 0.4) is 0 Å². The number of fused-ring (bicyclic) bond motifs is 2. The lowest BCUT2D eigenvalue weighted by Gasteiger charge is -2.29. The predicted octanol–water partition coefficient (Wildman–Crippen LogP) is -0.878. The van der Waals surface area contributed by atoms with E-state index in [4.69, 9.17) is 0 Å². The fourth-order valence-corrected chi connectivity index (χ4v) is 6.40. The van der Waals surface area contributed by atoms with Crippen LogP contribution < -0.4 is 31.9 Å². The molecule has 16 nitrogen and oxygen atoms in total. The number of nitrogens with zero attached hydrogens (tertiary/aromatic N) is 1. The standard InChI is InChI=1S/C36H44N8O8/c1-20(2)32-35(51)40-18-29(46)41-26(14-21-9-11-23(45)12-10-21)33(49)38-17-30(47)42-27(15-22-16-37-25-7-4-3-6-24(22)25)36(52)44-13-5-8-28(44)34(50)39-19-31(48)43-32/h3-4,6-7,9-12,16,20,26-28,32,37,45H,5,8,13-15,17-19H2,1-2H3,(H,38,49)(H,39,50)(H,40,51)(H,41,46)(H,42,47)(H,43,48). The molecule has 7 amide bonds. The van der Waals surface area contributed by atoms with Crippen LogP contribution in [0.25, 0.3) is 10.9 Å². The monoisotopic (exact) mass is 716 g/mol. The van der Waals surface area contributed by atoms with E-state index in [9.17, 15) is 38.7 Å². The maximum Gasteiger partial charge on any atom is 0.246 e. The average molecular weight is 717 g/mol. The predicted molar refractivity (Wildman–Crippen MR) is 188 cm³/mol. The summed E-state index contributed by atoms with van der Waals surface area (Å²) in [6.45, 7) is 2.12. The van der Waals surface area contributed by atoms with Crippen molar-refractivity contribution in [1.29, 1.82) is 0 Å². The summed E-state index contributed by atoms with van der Waals surface area (Å²) in [5, 5.41) is 26.0. The summed E-state index contributed by atoms with van der Waals surface area (Å²) >= 11 is 0. The van der Waals surface area contributed by atoms with Gasteiger partial charge < -0.3 is 46.9 Å². The van der Waals surface area contributed by atoms with Gasteiger partial charge in [-0.25, -0.2) is 0 Å².